The minimum Gasteiger partial charge on any atom is -0.368 e. The number of benzene rings is 2. The molecular weight excluding hydrogens is 346 g/mol. The second-order valence-corrected chi connectivity index (χ2v) is 5.50. The summed E-state index contributed by atoms with van der Waals surface area (Å²) in [6.07, 6.45) is -9.76. The Morgan fingerprint density at radius 1 is 0.800 bits per heavy atom. The molecule has 1 N–H and O–H groups in total. The first-order chi connectivity index (χ1) is 11.7. The summed E-state index contributed by atoms with van der Waals surface area (Å²) in [7, 11) is 0. The van der Waals surface area contributed by atoms with Crippen molar-refractivity contribution in [1.29, 1.82) is 0 Å². The van der Waals surface area contributed by atoms with E-state index in [9.17, 15) is 26.3 Å². The van der Waals surface area contributed by atoms with Gasteiger partial charge in [0.2, 0.25) is 0 Å². The number of nitrogens with one attached hydrogen (secondary N) is 1. The lowest BCUT2D eigenvalue weighted by molar-refractivity contribution is -0.143. The van der Waals surface area contributed by atoms with Gasteiger partial charge in [0.1, 0.15) is 5.84 Å². The Labute approximate surface area is 139 Å². The molecule has 1 aliphatic rings. The van der Waals surface area contributed by atoms with Gasteiger partial charge in [-0.05, 0) is 29.3 Å². The molecule has 0 aliphatic carbocycles. The van der Waals surface area contributed by atoms with Gasteiger partial charge in [-0.2, -0.15) is 26.3 Å². The van der Waals surface area contributed by atoms with Crippen molar-refractivity contribution in [3.8, 4) is 11.1 Å². The van der Waals surface area contributed by atoms with Crippen molar-refractivity contribution in [1.82, 2.24) is 5.32 Å². The summed E-state index contributed by atoms with van der Waals surface area (Å²) < 4.78 is 78.3. The van der Waals surface area contributed by atoms with Crippen LogP contribution in [0, 0.1) is 0 Å². The number of rotatable bonds is 2. The van der Waals surface area contributed by atoms with Crippen LogP contribution < -0.4 is 5.32 Å². The Kier molecular flexibility index (Phi) is 4.22. The SMILES string of the molecule is FC(F)(F)c1cc(-c2ccccc2C2=NCCN2)cc(C(F)(F)F)c1. The minimum absolute atomic E-state index is 0.122. The third-order valence-corrected chi connectivity index (χ3v) is 3.76. The van der Waals surface area contributed by atoms with Crippen molar-refractivity contribution in [3.63, 3.8) is 0 Å². The van der Waals surface area contributed by atoms with E-state index < -0.39 is 23.5 Å². The van der Waals surface area contributed by atoms with E-state index in [2.05, 4.69) is 10.3 Å². The fourth-order valence-corrected chi connectivity index (χ4v) is 2.63. The average molecular weight is 358 g/mol. The maximum Gasteiger partial charge on any atom is 0.416 e. The quantitative estimate of drug-likeness (QED) is 0.771. The van der Waals surface area contributed by atoms with Gasteiger partial charge in [-0.25, -0.2) is 0 Å². The summed E-state index contributed by atoms with van der Waals surface area (Å²) in [5, 5.41) is 2.98. The fraction of sp³-hybridized carbons (Fsp3) is 0.235. The minimum atomic E-state index is -4.88. The highest BCUT2D eigenvalue weighted by atomic mass is 19.4. The fourth-order valence-electron chi connectivity index (χ4n) is 2.63. The first-order valence-electron chi connectivity index (χ1n) is 7.34. The van der Waals surface area contributed by atoms with E-state index in [1.165, 1.54) is 6.07 Å². The summed E-state index contributed by atoms with van der Waals surface area (Å²) in [4.78, 5) is 4.20. The van der Waals surface area contributed by atoms with Crippen molar-refractivity contribution >= 4 is 5.84 Å². The van der Waals surface area contributed by atoms with E-state index in [-0.39, 0.29) is 17.2 Å². The number of halogens is 6. The van der Waals surface area contributed by atoms with Crippen LogP contribution in [0.25, 0.3) is 11.1 Å². The molecule has 25 heavy (non-hydrogen) atoms. The molecule has 0 amide bonds. The largest absolute Gasteiger partial charge is 0.416 e. The first kappa shape index (κ1) is 17.3. The molecule has 0 saturated carbocycles. The number of hydrogen-bond acceptors (Lipinski definition) is 2. The predicted octanol–water partition coefficient (Wildman–Crippen LogP) is 4.74. The molecule has 0 bridgehead atoms. The third kappa shape index (κ3) is 3.62. The summed E-state index contributed by atoms with van der Waals surface area (Å²) in [5.74, 6) is 0.460. The van der Waals surface area contributed by atoms with Gasteiger partial charge in [0.15, 0.2) is 0 Å². The van der Waals surface area contributed by atoms with Gasteiger partial charge in [0.05, 0.1) is 17.7 Å². The highest BCUT2D eigenvalue weighted by Crippen LogP contribution is 2.39. The molecule has 0 atom stereocenters. The molecule has 0 radical (unpaired) electrons. The topological polar surface area (TPSA) is 24.4 Å². The summed E-state index contributed by atoms with van der Waals surface area (Å²) >= 11 is 0. The summed E-state index contributed by atoms with van der Waals surface area (Å²) in [6, 6.07) is 7.87. The van der Waals surface area contributed by atoms with Crippen molar-refractivity contribution in [2.75, 3.05) is 13.1 Å². The van der Waals surface area contributed by atoms with Crippen LogP contribution in [-0.2, 0) is 12.4 Å². The molecule has 0 aromatic heterocycles. The van der Waals surface area contributed by atoms with Gasteiger partial charge in [0.25, 0.3) is 0 Å². The molecule has 3 rings (SSSR count). The Morgan fingerprint density at radius 3 is 1.84 bits per heavy atom. The summed E-state index contributed by atoms with van der Waals surface area (Å²) in [6.45, 7) is 1.07. The monoisotopic (exact) mass is 358 g/mol. The Bertz CT molecular complexity index is 788. The average Bonchev–Trinajstić information content (AvgIpc) is 3.07. The van der Waals surface area contributed by atoms with Gasteiger partial charge in [-0.3, -0.25) is 4.99 Å². The van der Waals surface area contributed by atoms with Crippen LogP contribution in [0.2, 0.25) is 0 Å². The van der Waals surface area contributed by atoms with E-state index in [0.717, 1.165) is 12.1 Å². The summed E-state index contributed by atoms with van der Waals surface area (Å²) in [5.41, 5.74) is -2.12. The van der Waals surface area contributed by atoms with E-state index in [4.69, 9.17) is 0 Å². The molecule has 2 nitrogen and oxygen atoms in total. The first-order valence-corrected chi connectivity index (χ1v) is 7.34. The lowest BCUT2D eigenvalue weighted by atomic mass is 9.95. The maximum atomic E-state index is 13.0. The molecular formula is C17H12F6N2. The molecule has 1 aliphatic heterocycles. The normalized spacial score (nSPS) is 15.0. The van der Waals surface area contributed by atoms with Crippen molar-refractivity contribution in [3.05, 3.63) is 59.2 Å². The highest BCUT2D eigenvalue weighted by molar-refractivity contribution is 6.05. The number of aliphatic imine (C=N–C) groups is 1. The van der Waals surface area contributed by atoms with Crippen LogP contribution in [-0.4, -0.2) is 18.9 Å². The van der Waals surface area contributed by atoms with Crippen LogP contribution >= 0.6 is 0 Å². The predicted molar refractivity (Wildman–Crippen MR) is 81.3 cm³/mol. The number of hydrogen-bond donors (Lipinski definition) is 1. The second-order valence-electron chi connectivity index (χ2n) is 5.50. The molecule has 2 aromatic rings. The lowest BCUT2D eigenvalue weighted by Gasteiger charge is -2.16. The van der Waals surface area contributed by atoms with Crippen LogP contribution in [0.15, 0.2) is 47.5 Å². The zero-order chi connectivity index (χ0) is 18.2. The van der Waals surface area contributed by atoms with Crippen LogP contribution in [0.5, 0.6) is 0 Å². The van der Waals surface area contributed by atoms with Crippen molar-refractivity contribution in [2.45, 2.75) is 12.4 Å². The standard InChI is InChI=1S/C17H12F6N2/c18-16(19,20)11-7-10(8-12(9-11)17(21,22)23)13-3-1-2-4-14(13)15-24-5-6-25-15/h1-4,7-9H,5-6H2,(H,24,25). The van der Waals surface area contributed by atoms with Crippen LogP contribution in [0.3, 0.4) is 0 Å². The van der Waals surface area contributed by atoms with Gasteiger partial charge >= 0.3 is 12.4 Å². The maximum absolute atomic E-state index is 13.0. The van der Waals surface area contributed by atoms with Crippen molar-refractivity contribution < 1.29 is 26.3 Å². The van der Waals surface area contributed by atoms with Gasteiger partial charge in [0, 0.05) is 12.1 Å². The highest BCUT2D eigenvalue weighted by Gasteiger charge is 2.37. The molecule has 8 heteroatoms. The molecule has 1 heterocycles. The van der Waals surface area contributed by atoms with E-state index in [1.54, 1.807) is 18.2 Å². The second kappa shape index (κ2) is 6.09. The van der Waals surface area contributed by atoms with Gasteiger partial charge < -0.3 is 5.32 Å². The molecule has 0 fully saturated rings. The molecule has 2 aromatic carbocycles. The van der Waals surface area contributed by atoms with Crippen LogP contribution in [0.1, 0.15) is 16.7 Å². The Balaban J connectivity index is 2.21. The zero-order valence-electron chi connectivity index (χ0n) is 12.7. The third-order valence-electron chi connectivity index (χ3n) is 3.76. The molecule has 0 saturated heterocycles. The number of amidine groups is 1. The lowest BCUT2D eigenvalue weighted by Crippen LogP contribution is -2.20. The zero-order valence-corrected chi connectivity index (χ0v) is 12.7. The molecule has 132 valence electrons. The van der Waals surface area contributed by atoms with E-state index in [1.807, 2.05) is 0 Å². The molecule has 0 spiro atoms. The molecule has 0 unspecified atom stereocenters. The number of alkyl halides is 6. The Morgan fingerprint density at radius 2 is 1.36 bits per heavy atom. The van der Waals surface area contributed by atoms with Gasteiger partial charge in [-0.1, -0.05) is 24.3 Å². The van der Waals surface area contributed by atoms with Crippen molar-refractivity contribution in [2.24, 2.45) is 4.99 Å². The Hall–Kier alpha value is -2.51. The van der Waals surface area contributed by atoms with Gasteiger partial charge in [-0.15, -0.1) is 0 Å². The number of nitrogens with zero attached hydrogens (tertiary/aromatic N) is 1. The van der Waals surface area contributed by atoms with E-state index in [0.29, 0.717) is 24.5 Å². The smallest absolute Gasteiger partial charge is 0.368 e. The van der Waals surface area contributed by atoms with Crippen LogP contribution in [0.4, 0.5) is 26.3 Å². The van der Waals surface area contributed by atoms with E-state index >= 15 is 0 Å².